The van der Waals surface area contributed by atoms with Gasteiger partial charge in [-0.25, -0.2) is 5.06 Å². The van der Waals surface area contributed by atoms with Crippen LogP contribution in [0.4, 0.5) is 0 Å². The summed E-state index contributed by atoms with van der Waals surface area (Å²) in [6.07, 6.45) is 2.02. The molecule has 4 nitrogen and oxygen atoms in total. The van der Waals surface area contributed by atoms with E-state index in [0.717, 1.165) is 16.5 Å². The highest BCUT2D eigenvalue weighted by molar-refractivity contribution is 5.87. The Morgan fingerprint density at radius 2 is 2.12 bits per heavy atom. The van der Waals surface area contributed by atoms with Gasteiger partial charge in [-0.3, -0.25) is 14.6 Å². The molecule has 0 spiro atoms. The molecule has 0 bridgehead atoms. The van der Waals surface area contributed by atoms with Crippen LogP contribution in [0.25, 0.3) is 10.9 Å². The zero-order valence-electron chi connectivity index (χ0n) is 9.88. The quantitative estimate of drug-likeness (QED) is 0.755. The standard InChI is InChI=1S/C13H14N2O2/c1-15(17-2)12(16)9-11-6-3-5-10-7-4-8-14-13(10)11/h3-8H,9H2,1-2H3. The SMILES string of the molecule is CON(C)C(=O)Cc1cccc2cccnc12. The van der Waals surface area contributed by atoms with Gasteiger partial charge in [-0.15, -0.1) is 0 Å². The Labute approximate surface area is 99.8 Å². The third-order valence-electron chi connectivity index (χ3n) is 2.68. The van der Waals surface area contributed by atoms with Crippen LogP contribution in [0.1, 0.15) is 5.56 Å². The number of rotatable bonds is 3. The molecule has 0 saturated carbocycles. The molecule has 2 rings (SSSR count). The maximum Gasteiger partial charge on any atom is 0.250 e. The van der Waals surface area contributed by atoms with E-state index < -0.39 is 0 Å². The molecule has 0 aliphatic carbocycles. The number of hydrogen-bond acceptors (Lipinski definition) is 3. The third-order valence-corrected chi connectivity index (χ3v) is 2.68. The van der Waals surface area contributed by atoms with E-state index in [1.54, 1.807) is 13.2 Å². The second-order valence-electron chi connectivity index (χ2n) is 3.74. The second-order valence-corrected chi connectivity index (χ2v) is 3.74. The topological polar surface area (TPSA) is 42.4 Å². The first-order chi connectivity index (χ1) is 8.22. The number of carbonyl (C=O) groups excluding carboxylic acids is 1. The molecule has 0 N–H and O–H groups in total. The predicted octanol–water partition coefficient (Wildman–Crippen LogP) is 1.80. The van der Waals surface area contributed by atoms with Crippen molar-refractivity contribution in [3.05, 3.63) is 42.1 Å². The number of fused-ring (bicyclic) bond motifs is 1. The molecule has 0 unspecified atom stereocenters. The average molecular weight is 230 g/mol. The monoisotopic (exact) mass is 230 g/mol. The lowest BCUT2D eigenvalue weighted by Gasteiger charge is -2.13. The fourth-order valence-corrected chi connectivity index (χ4v) is 1.69. The summed E-state index contributed by atoms with van der Waals surface area (Å²) in [5.74, 6) is -0.0920. The Morgan fingerprint density at radius 3 is 2.88 bits per heavy atom. The largest absolute Gasteiger partial charge is 0.275 e. The maximum atomic E-state index is 11.8. The van der Waals surface area contributed by atoms with E-state index >= 15 is 0 Å². The summed E-state index contributed by atoms with van der Waals surface area (Å²) in [5.41, 5.74) is 1.78. The Morgan fingerprint density at radius 1 is 1.35 bits per heavy atom. The molecule has 0 aliphatic heterocycles. The molecule has 1 aromatic carbocycles. The molecule has 1 aromatic heterocycles. The maximum absolute atomic E-state index is 11.8. The van der Waals surface area contributed by atoms with E-state index in [1.807, 2.05) is 30.3 Å². The molecule has 0 fully saturated rings. The molecular formula is C13H14N2O2. The highest BCUT2D eigenvalue weighted by Crippen LogP contribution is 2.16. The molecule has 2 aromatic rings. The molecule has 0 saturated heterocycles. The summed E-state index contributed by atoms with van der Waals surface area (Å²) in [7, 11) is 3.07. The summed E-state index contributed by atoms with van der Waals surface area (Å²) in [5, 5.41) is 2.26. The van der Waals surface area contributed by atoms with Crippen molar-refractivity contribution in [3.63, 3.8) is 0 Å². The number of likely N-dealkylation sites (N-methyl/N-ethyl adjacent to an activating group) is 1. The van der Waals surface area contributed by atoms with Crippen LogP contribution in [0, 0.1) is 0 Å². The van der Waals surface area contributed by atoms with Gasteiger partial charge in [0.15, 0.2) is 0 Å². The van der Waals surface area contributed by atoms with Crippen molar-refractivity contribution in [1.29, 1.82) is 0 Å². The number of carbonyl (C=O) groups is 1. The van der Waals surface area contributed by atoms with Gasteiger partial charge in [-0.2, -0.15) is 0 Å². The number of pyridine rings is 1. The van der Waals surface area contributed by atoms with Crippen LogP contribution < -0.4 is 0 Å². The van der Waals surface area contributed by atoms with E-state index in [2.05, 4.69) is 4.98 Å². The van der Waals surface area contributed by atoms with E-state index in [4.69, 9.17) is 4.84 Å². The molecular weight excluding hydrogens is 216 g/mol. The van der Waals surface area contributed by atoms with Crippen molar-refractivity contribution >= 4 is 16.8 Å². The summed E-state index contributed by atoms with van der Waals surface area (Å²) in [6.45, 7) is 0. The summed E-state index contributed by atoms with van der Waals surface area (Å²) >= 11 is 0. The average Bonchev–Trinajstić information content (AvgIpc) is 2.38. The second kappa shape index (κ2) is 4.93. The van der Waals surface area contributed by atoms with Crippen LogP contribution in [0.3, 0.4) is 0 Å². The number of aromatic nitrogens is 1. The smallest absolute Gasteiger partial charge is 0.250 e. The van der Waals surface area contributed by atoms with Crippen molar-refractivity contribution in [2.75, 3.05) is 14.2 Å². The molecule has 1 heterocycles. The zero-order valence-corrected chi connectivity index (χ0v) is 9.88. The minimum absolute atomic E-state index is 0.0920. The van der Waals surface area contributed by atoms with Gasteiger partial charge in [0.25, 0.3) is 0 Å². The summed E-state index contributed by atoms with van der Waals surface area (Å²) in [4.78, 5) is 20.9. The van der Waals surface area contributed by atoms with E-state index in [9.17, 15) is 4.79 Å². The molecule has 0 radical (unpaired) electrons. The number of hydrogen-bond donors (Lipinski definition) is 0. The number of nitrogens with zero attached hydrogens (tertiary/aromatic N) is 2. The molecule has 17 heavy (non-hydrogen) atoms. The Bertz CT molecular complexity index is 534. The first kappa shape index (κ1) is 11.5. The van der Waals surface area contributed by atoms with Crippen LogP contribution in [-0.4, -0.2) is 30.1 Å². The minimum Gasteiger partial charge on any atom is -0.275 e. The number of benzene rings is 1. The van der Waals surface area contributed by atoms with Crippen LogP contribution in [0.2, 0.25) is 0 Å². The lowest BCUT2D eigenvalue weighted by molar-refractivity contribution is -0.167. The van der Waals surface area contributed by atoms with E-state index in [-0.39, 0.29) is 5.91 Å². The first-order valence-electron chi connectivity index (χ1n) is 5.35. The fraction of sp³-hybridized carbons (Fsp3) is 0.231. The molecule has 4 heteroatoms. The van der Waals surface area contributed by atoms with Crippen LogP contribution in [-0.2, 0) is 16.1 Å². The predicted molar refractivity (Wildman–Crippen MR) is 65.2 cm³/mol. The normalized spacial score (nSPS) is 10.5. The number of amides is 1. The van der Waals surface area contributed by atoms with Gasteiger partial charge in [-0.05, 0) is 11.6 Å². The number of para-hydroxylation sites is 1. The fourth-order valence-electron chi connectivity index (χ4n) is 1.69. The lowest BCUT2D eigenvalue weighted by atomic mass is 10.1. The van der Waals surface area contributed by atoms with Crippen LogP contribution >= 0.6 is 0 Å². The van der Waals surface area contributed by atoms with Gasteiger partial charge in [0.2, 0.25) is 5.91 Å². The first-order valence-corrected chi connectivity index (χ1v) is 5.35. The van der Waals surface area contributed by atoms with Crippen molar-refractivity contribution in [1.82, 2.24) is 10.0 Å². The van der Waals surface area contributed by atoms with E-state index in [0.29, 0.717) is 6.42 Å². The number of hydroxylamine groups is 2. The molecule has 1 amide bonds. The van der Waals surface area contributed by atoms with Gasteiger partial charge >= 0.3 is 0 Å². The summed E-state index contributed by atoms with van der Waals surface area (Å²) in [6, 6.07) is 9.69. The summed E-state index contributed by atoms with van der Waals surface area (Å²) < 4.78 is 0. The minimum atomic E-state index is -0.0920. The van der Waals surface area contributed by atoms with E-state index in [1.165, 1.54) is 12.2 Å². The Hall–Kier alpha value is -1.94. The molecule has 0 atom stereocenters. The van der Waals surface area contributed by atoms with Gasteiger partial charge in [0.05, 0.1) is 19.0 Å². The van der Waals surface area contributed by atoms with Crippen LogP contribution in [0.15, 0.2) is 36.5 Å². The van der Waals surface area contributed by atoms with Gasteiger partial charge < -0.3 is 0 Å². The zero-order chi connectivity index (χ0) is 12.3. The van der Waals surface area contributed by atoms with Crippen LogP contribution in [0.5, 0.6) is 0 Å². The molecule has 88 valence electrons. The lowest BCUT2D eigenvalue weighted by Crippen LogP contribution is -2.27. The van der Waals surface area contributed by atoms with Gasteiger partial charge in [0, 0.05) is 18.6 Å². The van der Waals surface area contributed by atoms with Gasteiger partial charge in [-0.1, -0.05) is 24.3 Å². The Kier molecular flexibility index (Phi) is 3.35. The Balaban J connectivity index is 2.33. The van der Waals surface area contributed by atoms with Crippen molar-refractivity contribution < 1.29 is 9.63 Å². The highest BCUT2D eigenvalue weighted by Gasteiger charge is 2.11. The third kappa shape index (κ3) is 2.42. The van der Waals surface area contributed by atoms with Crippen molar-refractivity contribution in [3.8, 4) is 0 Å². The highest BCUT2D eigenvalue weighted by atomic mass is 16.7. The van der Waals surface area contributed by atoms with Gasteiger partial charge in [0.1, 0.15) is 0 Å². The van der Waals surface area contributed by atoms with Crippen molar-refractivity contribution in [2.24, 2.45) is 0 Å². The van der Waals surface area contributed by atoms with Crippen molar-refractivity contribution in [2.45, 2.75) is 6.42 Å². The molecule has 0 aliphatic rings.